The van der Waals surface area contributed by atoms with Crippen LogP contribution in [0.3, 0.4) is 0 Å². The molecule has 194 valence electrons. The number of hydrogen-bond acceptors (Lipinski definition) is 0. The van der Waals surface area contributed by atoms with Crippen molar-refractivity contribution >= 4 is 21.5 Å². The summed E-state index contributed by atoms with van der Waals surface area (Å²) in [7, 11) is 0. The number of aryl methyl sites for hydroxylation is 2. The second-order valence-electron chi connectivity index (χ2n) is 12.7. The molecule has 0 bridgehead atoms. The summed E-state index contributed by atoms with van der Waals surface area (Å²) >= 11 is 0. The van der Waals surface area contributed by atoms with Crippen LogP contribution in [0.15, 0.2) is 109 Å². The van der Waals surface area contributed by atoms with Gasteiger partial charge >= 0.3 is 0 Å². The molecule has 0 saturated heterocycles. The molecule has 0 heterocycles. The first-order valence-corrected chi connectivity index (χ1v) is 14.7. The van der Waals surface area contributed by atoms with Crippen LogP contribution in [0.5, 0.6) is 0 Å². The summed E-state index contributed by atoms with van der Waals surface area (Å²) in [6.07, 6.45) is 2.11. The average Bonchev–Trinajstić information content (AvgIpc) is 3.38. The first-order chi connectivity index (χ1) is 19.4. The van der Waals surface area contributed by atoms with Gasteiger partial charge in [0.25, 0.3) is 0 Å². The Morgan fingerprint density at radius 2 is 1.15 bits per heavy atom. The van der Waals surface area contributed by atoms with E-state index >= 15 is 0 Å². The fourth-order valence-electron chi connectivity index (χ4n) is 8.14. The lowest BCUT2D eigenvalue weighted by Crippen LogP contribution is -2.22. The standard InChI is InChI=1S/C40H34/c1-25-20-21-32-35(24-25)40(4,38-30-16-8-6-14-28(30)27-13-5-7-15-29(27)37(32)38)23-22-26-12-11-19-34-36(26)31-17-9-10-18-33(31)39(34,2)3/h5-21,24H,22-23H2,1-4H3. The van der Waals surface area contributed by atoms with Gasteiger partial charge in [-0.1, -0.05) is 136 Å². The summed E-state index contributed by atoms with van der Waals surface area (Å²) in [6.45, 7) is 9.51. The molecule has 1 atom stereocenters. The molecule has 1 unspecified atom stereocenters. The maximum absolute atomic E-state index is 2.51. The fourth-order valence-corrected chi connectivity index (χ4v) is 8.14. The minimum absolute atomic E-state index is 0.0324. The van der Waals surface area contributed by atoms with Gasteiger partial charge < -0.3 is 0 Å². The predicted octanol–water partition coefficient (Wildman–Crippen LogP) is 10.5. The Morgan fingerprint density at radius 1 is 0.525 bits per heavy atom. The Morgan fingerprint density at radius 3 is 1.95 bits per heavy atom. The van der Waals surface area contributed by atoms with Gasteiger partial charge in [0.2, 0.25) is 0 Å². The second-order valence-corrected chi connectivity index (χ2v) is 12.7. The van der Waals surface area contributed by atoms with Crippen LogP contribution < -0.4 is 0 Å². The maximum atomic E-state index is 2.51. The van der Waals surface area contributed by atoms with Gasteiger partial charge in [0, 0.05) is 10.8 Å². The third-order valence-corrected chi connectivity index (χ3v) is 10.1. The third kappa shape index (κ3) is 3.02. The van der Waals surface area contributed by atoms with Crippen molar-refractivity contribution in [3.8, 4) is 22.3 Å². The van der Waals surface area contributed by atoms with Crippen molar-refractivity contribution in [2.75, 3.05) is 0 Å². The topological polar surface area (TPSA) is 0 Å². The number of fused-ring (bicyclic) bond motifs is 11. The van der Waals surface area contributed by atoms with Gasteiger partial charge in [0.05, 0.1) is 0 Å². The molecular formula is C40H34. The molecule has 0 spiro atoms. The SMILES string of the molecule is Cc1ccc2c(c1)C(C)(CCc1cccc3c1-c1ccccc1C3(C)C)c1c-2c2ccccc2c2ccccc12. The van der Waals surface area contributed by atoms with E-state index in [1.807, 2.05) is 0 Å². The van der Waals surface area contributed by atoms with E-state index in [9.17, 15) is 0 Å². The highest BCUT2D eigenvalue weighted by Crippen LogP contribution is 2.57. The van der Waals surface area contributed by atoms with Crippen molar-refractivity contribution in [3.05, 3.63) is 143 Å². The zero-order valence-electron chi connectivity index (χ0n) is 23.8. The first-order valence-electron chi connectivity index (χ1n) is 14.7. The van der Waals surface area contributed by atoms with Crippen LogP contribution in [0.1, 0.15) is 60.6 Å². The van der Waals surface area contributed by atoms with Crippen LogP contribution in [0, 0.1) is 6.92 Å². The Balaban J connectivity index is 1.35. The zero-order valence-corrected chi connectivity index (χ0v) is 23.8. The van der Waals surface area contributed by atoms with Gasteiger partial charge in [0.15, 0.2) is 0 Å². The summed E-state index contributed by atoms with van der Waals surface area (Å²) in [4.78, 5) is 0. The van der Waals surface area contributed by atoms with Crippen LogP contribution in [0.25, 0.3) is 43.8 Å². The first kappa shape index (κ1) is 23.7. The second kappa shape index (κ2) is 8.18. The summed E-state index contributed by atoms with van der Waals surface area (Å²) in [5, 5.41) is 5.50. The van der Waals surface area contributed by atoms with Crippen molar-refractivity contribution in [1.29, 1.82) is 0 Å². The Kier molecular flexibility index (Phi) is 4.85. The summed E-state index contributed by atoms with van der Waals surface area (Å²) in [6, 6.07) is 41.3. The zero-order chi connectivity index (χ0) is 27.2. The lowest BCUT2D eigenvalue weighted by atomic mass is 9.73. The molecule has 2 aliphatic rings. The Hall–Kier alpha value is -4.16. The van der Waals surface area contributed by atoms with Crippen LogP contribution >= 0.6 is 0 Å². The molecule has 0 N–H and O–H groups in total. The molecule has 0 fully saturated rings. The van der Waals surface area contributed by atoms with Gasteiger partial charge in [-0.15, -0.1) is 0 Å². The average molecular weight is 515 g/mol. The lowest BCUT2D eigenvalue weighted by Gasteiger charge is -2.30. The maximum Gasteiger partial charge on any atom is 0.0196 e. The molecule has 0 nitrogen and oxygen atoms in total. The number of hydrogen-bond donors (Lipinski definition) is 0. The molecule has 6 aromatic carbocycles. The predicted molar refractivity (Wildman–Crippen MR) is 170 cm³/mol. The van der Waals surface area contributed by atoms with Gasteiger partial charge in [-0.05, 0) is 91.4 Å². The van der Waals surface area contributed by atoms with Crippen LogP contribution in [-0.4, -0.2) is 0 Å². The molecule has 2 aliphatic carbocycles. The van der Waals surface area contributed by atoms with E-state index < -0.39 is 0 Å². The number of rotatable bonds is 3. The van der Waals surface area contributed by atoms with E-state index in [0.717, 1.165) is 12.8 Å². The van der Waals surface area contributed by atoms with Crippen molar-refractivity contribution in [2.45, 2.75) is 51.4 Å². The third-order valence-electron chi connectivity index (χ3n) is 10.1. The smallest absolute Gasteiger partial charge is 0.0196 e. The fraction of sp³-hybridized carbons (Fsp3) is 0.200. The van der Waals surface area contributed by atoms with Crippen molar-refractivity contribution < 1.29 is 0 Å². The van der Waals surface area contributed by atoms with Gasteiger partial charge in [-0.2, -0.15) is 0 Å². The molecule has 8 rings (SSSR count). The van der Waals surface area contributed by atoms with Crippen LogP contribution in [0.2, 0.25) is 0 Å². The Bertz CT molecular complexity index is 2000. The molecule has 0 heteroatoms. The molecule has 0 saturated carbocycles. The molecule has 40 heavy (non-hydrogen) atoms. The largest absolute Gasteiger partial charge is 0.0619 e. The lowest BCUT2D eigenvalue weighted by molar-refractivity contribution is 0.536. The van der Waals surface area contributed by atoms with Crippen molar-refractivity contribution in [1.82, 2.24) is 0 Å². The van der Waals surface area contributed by atoms with E-state index in [0.29, 0.717) is 0 Å². The minimum Gasteiger partial charge on any atom is -0.0619 e. The van der Waals surface area contributed by atoms with E-state index in [1.165, 1.54) is 77.2 Å². The summed E-state index contributed by atoms with van der Waals surface area (Å²) in [5.74, 6) is 0. The van der Waals surface area contributed by atoms with Crippen LogP contribution in [0.4, 0.5) is 0 Å². The molecule has 0 aliphatic heterocycles. The van der Waals surface area contributed by atoms with E-state index in [2.05, 4.69) is 137 Å². The van der Waals surface area contributed by atoms with Gasteiger partial charge in [-0.3, -0.25) is 0 Å². The molecule has 0 radical (unpaired) electrons. The van der Waals surface area contributed by atoms with Gasteiger partial charge in [0.1, 0.15) is 0 Å². The van der Waals surface area contributed by atoms with Crippen LogP contribution in [-0.2, 0) is 17.3 Å². The van der Waals surface area contributed by atoms with E-state index in [-0.39, 0.29) is 10.8 Å². The van der Waals surface area contributed by atoms with E-state index in [1.54, 1.807) is 0 Å². The van der Waals surface area contributed by atoms with Gasteiger partial charge in [-0.25, -0.2) is 0 Å². The molecule has 0 amide bonds. The quantitative estimate of drug-likeness (QED) is 0.206. The highest BCUT2D eigenvalue weighted by molar-refractivity contribution is 6.18. The number of benzene rings is 6. The molecular weight excluding hydrogens is 480 g/mol. The highest BCUT2D eigenvalue weighted by Gasteiger charge is 2.42. The Labute approximate surface area is 237 Å². The monoisotopic (exact) mass is 514 g/mol. The molecule has 6 aromatic rings. The molecule has 0 aromatic heterocycles. The van der Waals surface area contributed by atoms with Crippen molar-refractivity contribution in [2.24, 2.45) is 0 Å². The highest BCUT2D eigenvalue weighted by atomic mass is 14.4. The van der Waals surface area contributed by atoms with E-state index in [4.69, 9.17) is 0 Å². The van der Waals surface area contributed by atoms with Crippen molar-refractivity contribution in [3.63, 3.8) is 0 Å². The summed E-state index contributed by atoms with van der Waals surface area (Å²) in [5.41, 5.74) is 14.4. The minimum atomic E-state index is -0.0866. The summed E-state index contributed by atoms with van der Waals surface area (Å²) < 4.78 is 0. The normalized spacial score (nSPS) is 18.0.